The fraction of sp³-hybridized carbons (Fsp3) is 0.500. The van der Waals surface area contributed by atoms with E-state index >= 15 is 0 Å². The molecule has 2 unspecified atom stereocenters. The summed E-state index contributed by atoms with van der Waals surface area (Å²) in [6, 6.07) is 3.72. The molecule has 0 aliphatic heterocycles. The van der Waals surface area contributed by atoms with E-state index in [1.165, 1.54) is 0 Å². The van der Waals surface area contributed by atoms with Crippen LogP contribution in [0.3, 0.4) is 0 Å². The molecule has 120 valence electrons. The topological polar surface area (TPSA) is 42.0 Å². The van der Waals surface area contributed by atoms with E-state index in [0.717, 1.165) is 18.5 Å². The average molecular weight is 362 g/mol. The minimum Gasteiger partial charge on any atom is -0.356 e. The van der Waals surface area contributed by atoms with Crippen LogP contribution >= 0.6 is 34.8 Å². The van der Waals surface area contributed by atoms with Gasteiger partial charge < -0.3 is 5.32 Å². The minimum atomic E-state index is -0.0865. The van der Waals surface area contributed by atoms with Crippen molar-refractivity contribution in [2.45, 2.75) is 26.7 Å². The van der Waals surface area contributed by atoms with Crippen molar-refractivity contribution in [1.82, 2.24) is 10.3 Å². The first kappa shape index (κ1) is 17.6. The van der Waals surface area contributed by atoms with E-state index in [1.54, 1.807) is 12.3 Å². The van der Waals surface area contributed by atoms with Gasteiger partial charge in [-0.25, -0.2) is 0 Å². The number of aryl methyl sites for hydroxylation is 1. The zero-order valence-electron chi connectivity index (χ0n) is 12.6. The molecule has 1 aromatic heterocycles. The van der Waals surface area contributed by atoms with Crippen LogP contribution in [0.4, 0.5) is 0 Å². The number of nitrogens with one attached hydrogen (secondary N) is 1. The quantitative estimate of drug-likeness (QED) is 0.764. The first-order chi connectivity index (χ1) is 10.3. The van der Waals surface area contributed by atoms with Crippen molar-refractivity contribution in [3.05, 3.63) is 39.6 Å². The largest absolute Gasteiger partial charge is 0.356 e. The molecule has 2 rings (SSSR count). The van der Waals surface area contributed by atoms with Gasteiger partial charge in [0, 0.05) is 18.4 Å². The van der Waals surface area contributed by atoms with Crippen molar-refractivity contribution in [3.8, 4) is 0 Å². The summed E-state index contributed by atoms with van der Waals surface area (Å²) in [5, 5.41) is 3.61. The fourth-order valence-corrected chi connectivity index (χ4v) is 3.15. The van der Waals surface area contributed by atoms with Gasteiger partial charge in [0.25, 0.3) is 0 Å². The molecule has 1 N–H and O–H groups in total. The Morgan fingerprint density at radius 2 is 2.14 bits per heavy atom. The van der Waals surface area contributed by atoms with Crippen LogP contribution in [-0.4, -0.2) is 17.4 Å². The van der Waals surface area contributed by atoms with E-state index in [2.05, 4.69) is 10.3 Å². The molecule has 0 bridgehead atoms. The van der Waals surface area contributed by atoms with Gasteiger partial charge in [0.1, 0.15) is 4.49 Å². The molecule has 0 aromatic carbocycles. The molecular formula is C16H19Cl3N2O. The van der Waals surface area contributed by atoms with Crippen LogP contribution in [-0.2, 0) is 11.2 Å². The first-order valence-corrected chi connectivity index (χ1v) is 8.36. The molecule has 3 nitrogen and oxygen atoms in total. The van der Waals surface area contributed by atoms with Gasteiger partial charge in [0.2, 0.25) is 5.91 Å². The molecular weight excluding hydrogens is 343 g/mol. The van der Waals surface area contributed by atoms with E-state index in [9.17, 15) is 4.79 Å². The average Bonchev–Trinajstić information content (AvgIpc) is 2.97. The van der Waals surface area contributed by atoms with Gasteiger partial charge in [-0.05, 0) is 42.4 Å². The predicted molar refractivity (Wildman–Crippen MR) is 91.1 cm³/mol. The van der Waals surface area contributed by atoms with E-state index in [0.29, 0.717) is 11.6 Å². The molecule has 0 spiro atoms. The van der Waals surface area contributed by atoms with Crippen molar-refractivity contribution >= 4 is 40.7 Å². The smallest absolute Gasteiger partial charge is 0.224 e. The number of hydrogen-bond donors (Lipinski definition) is 1. The van der Waals surface area contributed by atoms with Gasteiger partial charge in [-0.3, -0.25) is 9.78 Å². The molecule has 1 aliphatic carbocycles. The third kappa shape index (κ3) is 4.37. The Balaban J connectivity index is 1.75. The number of pyridine rings is 1. The van der Waals surface area contributed by atoms with Crippen molar-refractivity contribution in [2.24, 2.45) is 17.3 Å². The molecule has 1 aromatic rings. The lowest BCUT2D eigenvalue weighted by molar-refractivity contribution is -0.123. The lowest BCUT2D eigenvalue weighted by atomic mass is 10.1. The Hall–Kier alpha value is -0.770. The van der Waals surface area contributed by atoms with Gasteiger partial charge in [-0.1, -0.05) is 48.7 Å². The van der Waals surface area contributed by atoms with Gasteiger partial charge in [-0.2, -0.15) is 0 Å². The van der Waals surface area contributed by atoms with Crippen LogP contribution in [0.5, 0.6) is 0 Å². The van der Waals surface area contributed by atoms with Gasteiger partial charge in [0.15, 0.2) is 0 Å². The maximum Gasteiger partial charge on any atom is 0.224 e. The molecule has 22 heavy (non-hydrogen) atoms. The Bertz CT molecular complexity index is 565. The lowest BCUT2D eigenvalue weighted by Crippen LogP contribution is -2.28. The van der Waals surface area contributed by atoms with Crippen molar-refractivity contribution < 1.29 is 4.79 Å². The second kappa shape index (κ2) is 7.20. The maximum atomic E-state index is 12.2. The highest BCUT2D eigenvalue weighted by atomic mass is 35.5. The number of allylic oxidation sites excluding steroid dienone is 1. The molecule has 1 aliphatic rings. The van der Waals surface area contributed by atoms with Crippen LogP contribution in [0, 0.1) is 17.3 Å². The molecule has 0 radical (unpaired) electrons. The third-order valence-electron chi connectivity index (χ3n) is 4.20. The number of hydrogen-bond acceptors (Lipinski definition) is 2. The molecule has 0 saturated heterocycles. The highest BCUT2D eigenvalue weighted by Gasteiger charge is 2.60. The lowest BCUT2D eigenvalue weighted by Gasteiger charge is -2.06. The van der Waals surface area contributed by atoms with Crippen LogP contribution in [0.2, 0.25) is 5.02 Å². The summed E-state index contributed by atoms with van der Waals surface area (Å²) in [7, 11) is 0. The second-order valence-corrected chi connectivity index (χ2v) is 7.59. The van der Waals surface area contributed by atoms with E-state index < -0.39 is 0 Å². The SMILES string of the molecule is CC1(C)C(C=C(Cl)Cl)C1C(=O)NCCCc1ccc(Cl)cn1. The van der Waals surface area contributed by atoms with E-state index in [1.807, 2.05) is 26.0 Å². The standard InChI is InChI=1S/C16H19Cl3N2O/c1-16(2)12(8-13(18)19)14(16)15(22)20-7-3-4-11-6-5-10(17)9-21-11/h5-6,8-9,12,14H,3-4,7H2,1-2H3,(H,20,22). The van der Waals surface area contributed by atoms with Crippen molar-refractivity contribution in [1.29, 1.82) is 0 Å². The highest BCUT2D eigenvalue weighted by Crippen LogP contribution is 2.59. The van der Waals surface area contributed by atoms with Crippen molar-refractivity contribution in [2.75, 3.05) is 6.54 Å². The summed E-state index contributed by atoms with van der Waals surface area (Å²) < 4.78 is 0.224. The van der Waals surface area contributed by atoms with E-state index in [4.69, 9.17) is 34.8 Å². The maximum absolute atomic E-state index is 12.2. The van der Waals surface area contributed by atoms with Crippen molar-refractivity contribution in [3.63, 3.8) is 0 Å². The fourth-order valence-electron chi connectivity index (χ4n) is 2.77. The summed E-state index contributed by atoms with van der Waals surface area (Å²) in [6.07, 6.45) is 5.03. The van der Waals surface area contributed by atoms with Gasteiger partial charge in [0.05, 0.1) is 10.9 Å². The van der Waals surface area contributed by atoms with Crippen LogP contribution in [0.1, 0.15) is 26.0 Å². The number of carbonyl (C=O) groups is 1. The summed E-state index contributed by atoms with van der Waals surface area (Å²) in [5.41, 5.74) is 0.886. The number of aromatic nitrogens is 1. The van der Waals surface area contributed by atoms with E-state index in [-0.39, 0.29) is 27.6 Å². The summed E-state index contributed by atoms with van der Waals surface area (Å²) in [4.78, 5) is 16.4. The highest BCUT2D eigenvalue weighted by molar-refractivity contribution is 6.55. The Morgan fingerprint density at radius 3 is 2.73 bits per heavy atom. The molecule has 6 heteroatoms. The Labute approximate surface area is 146 Å². The van der Waals surface area contributed by atoms with Gasteiger partial charge >= 0.3 is 0 Å². The predicted octanol–water partition coefficient (Wildman–Crippen LogP) is 4.38. The van der Waals surface area contributed by atoms with Gasteiger partial charge in [-0.15, -0.1) is 0 Å². The Kier molecular flexibility index (Phi) is 5.76. The first-order valence-electron chi connectivity index (χ1n) is 7.23. The van der Waals surface area contributed by atoms with Crippen LogP contribution < -0.4 is 5.32 Å². The third-order valence-corrected chi connectivity index (χ3v) is 4.67. The second-order valence-electron chi connectivity index (χ2n) is 6.14. The zero-order valence-corrected chi connectivity index (χ0v) is 14.8. The van der Waals surface area contributed by atoms with Crippen LogP contribution in [0.15, 0.2) is 28.9 Å². The molecule has 1 saturated carbocycles. The number of rotatable bonds is 6. The zero-order chi connectivity index (χ0) is 16.3. The number of amides is 1. The minimum absolute atomic E-state index is 0.0601. The number of nitrogens with zero attached hydrogens (tertiary/aromatic N) is 1. The molecule has 2 atom stereocenters. The normalized spacial score (nSPS) is 22.0. The Morgan fingerprint density at radius 1 is 1.41 bits per heavy atom. The molecule has 1 heterocycles. The monoisotopic (exact) mass is 360 g/mol. The summed E-state index contributed by atoms with van der Waals surface area (Å²) in [6.45, 7) is 4.72. The molecule has 1 fully saturated rings. The number of halogens is 3. The summed E-state index contributed by atoms with van der Waals surface area (Å²) >= 11 is 17.2. The summed E-state index contributed by atoms with van der Waals surface area (Å²) in [5.74, 6) is 0.106. The number of carbonyl (C=O) groups excluding carboxylic acids is 1. The van der Waals surface area contributed by atoms with Crippen LogP contribution in [0.25, 0.3) is 0 Å². The molecule has 1 amide bonds.